The maximum atomic E-state index is 13.4. The molecule has 1 saturated heterocycles. The summed E-state index contributed by atoms with van der Waals surface area (Å²) in [4.78, 5) is 13.9. The van der Waals surface area contributed by atoms with Crippen LogP contribution in [-0.4, -0.2) is 39.6 Å². The Balaban J connectivity index is 1.82. The number of hydrogen-bond donors (Lipinski definition) is 1. The number of nitrogens with zero attached hydrogens (tertiary/aromatic N) is 1. The van der Waals surface area contributed by atoms with E-state index in [4.69, 9.17) is 11.6 Å². The van der Waals surface area contributed by atoms with Gasteiger partial charge in [0.15, 0.2) is 15.6 Å². The number of nitrogens with one attached hydrogen (secondary N) is 1. The Bertz CT molecular complexity index is 994. The summed E-state index contributed by atoms with van der Waals surface area (Å²) in [5.41, 5.74) is 1.69. The van der Waals surface area contributed by atoms with Gasteiger partial charge in [0.05, 0.1) is 15.6 Å². The quantitative estimate of drug-likeness (QED) is 0.760. The van der Waals surface area contributed by atoms with E-state index in [1.807, 2.05) is 0 Å². The second-order valence-electron chi connectivity index (χ2n) is 6.71. The molecule has 8 heteroatoms. The van der Waals surface area contributed by atoms with Gasteiger partial charge in [0.1, 0.15) is 5.82 Å². The zero-order valence-corrected chi connectivity index (χ0v) is 16.6. The summed E-state index contributed by atoms with van der Waals surface area (Å²) < 4.78 is 37.5. The number of benzene rings is 2. The molecule has 1 fully saturated rings. The predicted octanol–water partition coefficient (Wildman–Crippen LogP) is 3.78. The van der Waals surface area contributed by atoms with Gasteiger partial charge in [0.25, 0.3) is 0 Å². The van der Waals surface area contributed by atoms with E-state index in [-0.39, 0.29) is 21.7 Å². The second kappa shape index (κ2) is 7.48. The Labute approximate surface area is 163 Å². The second-order valence-corrected chi connectivity index (χ2v) is 9.11. The number of Topliss-reactive ketones (excluding diaryl/α,β-unsaturated/α-hetero) is 1. The van der Waals surface area contributed by atoms with Crippen LogP contribution >= 0.6 is 11.6 Å². The Kier molecular flexibility index (Phi) is 5.44. The van der Waals surface area contributed by atoms with E-state index in [0.717, 1.165) is 24.9 Å². The van der Waals surface area contributed by atoms with Crippen LogP contribution in [0.3, 0.4) is 0 Å². The van der Waals surface area contributed by atoms with Crippen molar-refractivity contribution in [3.8, 4) is 0 Å². The van der Waals surface area contributed by atoms with Gasteiger partial charge in [-0.15, -0.1) is 0 Å². The molecule has 1 heterocycles. The summed E-state index contributed by atoms with van der Waals surface area (Å²) >= 11 is 5.86. The first-order chi connectivity index (χ1) is 12.6. The van der Waals surface area contributed by atoms with Crippen molar-refractivity contribution in [3.63, 3.8) is 0 Å². The third-order valence-electron chi connectivity index (χ3n) is 4.60. The first kappa shape index (κ1) is 19.6. The van der Waals surface area contributed by atoms with Gasteiger partial charge in [-0.3, -0.25) is 4.79 Å². The Morgan fingerprint density at radius 2 is 2.00 bits per heavy atom. The molecule has 1 aliphatic heterocycles. The maximum Gasteiger partial charge on any atom is 0.177 e. The summed E-state index contributed by atoms with van der Waals surface area (Å²) in [7, 11) is -3.44. The largest absolute Gasteiger partial charge is 0.379 e. The number of halogens is 2. The highest BCUT2D eigenvalue weighted by atomic mass is 35.5. The molecule has 0 aliphatic carbocycles. The molecule has 144 valence electrons. The van der Waals surface area contributed by atoms with Crippen molar-refractivity contribution in [2.75, 3.05) is 29.6 Å². The number of anilines is 2. The summed E-state index contributed by atoms with van der Waals surface area (Å²) in [5, 5.41) is 3.32. The number of rotatable bonds is 5. The molecule has 2 aromatic carbocycles. The lowest BCUT2D eigenvalue weighted by Gasteiger charge is -2.21. The van der Waals surface area contributed by atoms with Crippen LogP contribution in [0.2, 0.25) is 5.02 Å². The molecule has 27 heavy (non-hydrogen) atoms. The van der Waals surface area contributed by atoms with Gasteiger partial charge in [-0.05, 0) is 49.7 Å². The van der Waals surface area contributed by atoms with Crippen molar-refractivity contribution in [1.29, 1.82) is 0 Å². The molecule has 0 radical (unpaired) electrons. The average Bonchev–Trinajstić information content (AvgIpc) is 3.04. The van der Waals surface area contributed by atoms with Crippen LogP contribution in [0.5, 0.6) is 0 Å². The molecule has 0 aromatic heterocycles. The maximum absolute atomic E-state index is 13.4. The van der Waals surface area contributed by atoms with Crippen molar-refractivity contribution >= 4 is 38.6 Å². The molecule has 1 aliphatic rings. The van der Waals surface area contributed by atoms with Crippen LogP contribution in [0.25, 0.3) is 0 Å². The van der Waals surface area contributed by atoms with Crippen LogP contribution in [0, 0.1) is 5.82 Å². The lowest BCUT2D eigenvalue weighted by atomic mass is 10.1. The van der Waals surface area contributed by atoms with Crippen molar-refractivity contribution in [2.24, 2.45) is 0 Å². The third-order valence-corrected chi connectivity index (χ3v) is 6.05. The Morgan fingerprint density at radius 3 is 2.63 bits per heavy atom. The van der Waals surface area contributed by atoms with E-state index >= 15 is 0 Å². The number of carbonyl (C=O) groups excluding carboxylic acids is 1. The highest BCUT2D eigenvalue weighted by Gasteiger charge is 2.25. The fourth-order valence-corrected chi connectivity index (χ4v) is 4.21. The zero-order chi connectivity index (χ0) is 19.8. The fourth-order valence-electron chi connectivity index (χ4n) is 3.20. The van der Waals surface area contributed by atoms with Gasteiger partial charge in [-0.2, -0.15) is 0 Å². The molecule has 1 atom stereocenters. The molecular formula is C19H20ClFN2O3S. The zero-order valence-electron chi connectivity index (χ0n) is 15.0. The van der Waals surface area contributed by atoms with E-state index < -0.39 is 15.7 Å². The van der Waals surface area contributed by atoms with Gasteiger partial charge in [-0.25, -0.2) is 12.8 Å². The Morgan fingerprint density at radius 1 is 1.26 bits per heavy atom. The normalized spacial score (nSPS) is 17.2. The highest BCUT2D eigenvalue weighted by molar-refractivity contribution is 7.90. The van der Waals surface area contributed by atoms with Crippen molar-refractivity contribution < 1.29 is 17.6 Å². The Hall–Kier alpha value is -2.12. The summed E-state index contributed by atoms with van der Waals surface area (Å²) in [6, 6.07) is 9.12. The third kappa shape index (κ3) is 4.42. The summed E-state index contributed by atoms with van der Waals surface area (Å²) in [5.74, 6) is -0.597. The number of ketones is 1. The van der Waals surface area contributed by atoms with Gasteiger partial charge in [-0.1, -0.05) is 11.6 Å². The molecule has 0 amide bonds. The van der Waals surface area contributed by atoms with Crippen LogP contribution < -0.4 is 10.2 Å². The molecule has 0 spiro atoms. The van der Waals surface area contributed by atoms with Gasteiger partial charge in [0, 0.05) is 36.6 Å². The van der Waals surface area contributed by atoms with Gasteiger partial charge >= 0.3 is 0 Å². The first-order valence-corrected chi connectivity index (χ1v) is 10.7. The number of hydrogen-bond acceptors (Lipinski definition) is 5. The van der Waals surface area contributed by atoms with E-state index in [9.17, 15) is 17.6 Å². The van der Waals surface area contributed by atoms with Crippen molar-refractivity contribution in [1.82, 2.24) is 0 Å². The minimum absolute atomic E-state index is 0.0171. The topological polar surface area (TPSA) is 66.5 Å². The molecule has 0 bridgehead atoms. The highest BCUT2D eigenvalue weighted by Crippen LogP contribution is 2.29. The summed E-state index contributed by atoms with van der Waals surface area (Å²) in [6.07, 6.45) is 1.91. The van der Waals surface area contributed by atoms with Crippen LogP contribution in [0.4, 0.5) is 15.8 Å². The van der Waals surface area contributed by atoms with Crippen LogP contribution in [0.1, 0.15) is 23.7 Å². The van der Waals surface area contributed by atoms with E-state index in [2.05, 4.69) is 10.2 Å². The van der Waals surface area contributed by atoms with Gasteiger partial charge < -0.3 is 10.2 Å². The fraction of sp³-hybridized carbons (Fsp3) is 0.316. The number of carbonyl (C=O) groups is 1. The molecule has 1 N–H and O–H groups in total. The van der Waals surface area contributed by atoms with Crippen molar-refractivity contribution in [3.05, 3.63) is 52.8 Å². The van der Waals surface area contributed by atoms with Crippen molar-refractivity contribution in [2.45, 2.75) is 24.3 Å². The van der Waals surface area contributed by atoms with Gasteiger partial charge in [0.2, 0.25) is 0 Å². The molecule has 3 rings (SSSR count). The van der Waals surface area contributed by atoms with Crippen LogP contribution in [0.15, 0.2) is 41.3 Å². The predicted molar refractivity (Wildman–Crippen MR) is 105 cm³/mol. The minimum Gasteiger partial charge on any atom is -0.379 e. The lowest BCUT2D eigenvalue weighted by Crippen LogP contribution is -2.26. The minimum atomic E-state index is -3.44. The van der Waals surface area contributed by atoms with E-state index in [1.54, 1.807) is 18.2 Å². The molecule has 5 nitrogen and oxygen atoms in total. The molecule has 0 saturated carbocycles. The average molecular weight is 411 g/mol. The molecule has 1 unspecified atom stereocenters. The van der Waals surface area contributed by atoms with Crippen LogP contribution in [-0.2, 0) is 9.84 Å². The SMILES string of the molecule is CC(=O)c1ccc(S(C)(=O)=O)c(NC2CCN(c3ccc(F)c(Cl)c3)C2)c1. The van der Waals surface area contributed by atoms with E-state index in [0.29, 0.717) is 17.8 Å². The molecule has 2 aromatic rings. The van der Waals surface area contributed by atoms with E-state index in [1.165, 1.54) is 25.1 Å². The first-order valence-electron chi connectivity index (χ1n) is 8.47. The number of sulfone groups is 1. The molecular weight excluding hydrogens is 391 g/mol. The lowest BCUT2D eigenvalue weighted by molar-refractivity contribution is 0.101. The monoisotopic (exact) mass is 410 g/mol. The summed E-state index contributed by atoms with van der Waals surface area (Å²) in [6.45, 7) is 2.77. The standard InChI is InChI=1S/C19H20ClFN2O3S/c1-12(24)13-3-6-19(27(2,25)26)18(9-13)22-14-7-8-23(11-14)15-4-5-17(21)16(20)10-15/h3-6,9-10,14,22H,7-8,11H2,1-2H3. The smallest absolute Gasteiger partial charge is 0.177 e.